The molecule has 0 bridgehead atoms. The molecule has 0 heterocycles. The predicted molar refractivity (Wildman–Crippen MR) is 105 cm³/mol. The number of para-hydroxylation sites is 3. The molecule has 5 nitrogen and oxygen atoms in total. The zero-order valence-corrected chi connectivity index (χ0v) is 15.7. The SMILES string of the molecule is COc1ccccc1OCc1ccc(C(=O)Oc2ccccc2C(C)=O)cc1. The van der Waals surface area contributed by atoms with Crippen LogP contribution >= 0.6 is 0 Å². The molecule has 0 aromatic heterocycles. The Morgan fingerprint density at radius 3 is 2.04 bits per heavy atom. The van der Waals surface area contributed by atoms with Crippen LogP contribution in [0.25, 0.3) is 0 Å². The number of ketones is 1. The third kappa shape index (κ3) is 4.57. The van der Waals surface area contributed by atoms with Crippen LogP contribution < -0.4 is 14.2 Å². The summed E-state index contributed by atoms with van der Waals surface area (Å²) in [5.74, 6) is 0.878. The number of carbonyl (C=O) groups is 2. The van der Waals surface area contributed by atoms with E-state index in [-0.39, 0.29) is 11.5 Å². The first-order valence-electron chi connectivity index (χ1n) is 8.75. The van der Waals surface area contributed by atoms with Crippen LogP contribution in [0.15, 0.2) is 72.8 Å². The molecule has 3 aromatic carbocycles. The molecule has 0 saturated carbocycles. The van der Waals surface area contributed by atoms with Gasteiger partial charge in [0.2, 0.25) is 0 Å². The fourth-order valence-corrected chi connectivity index (χ4v) is 2.64. The Morgan fingerprint density at radius 1 is 0.786 bits per heavy atom. The molecule has 28 heavy (non-hydrogen) atoms. The van der Waals surface area contributed by atoms with E-state index in [1.165, 1.54) is 6.92 Å². The Bertz CT molecular complexity index is 976. The summed E-state index contributed by atoms with van der Waals surface area (Å²) in [5, 5.41) is 0. The molecule has 3 aromatic rings. The van der Waals surface area contributed by atoms with Gasteiger partial charge in [-0.3, -0.25) is 4.79 Å². The first-order chi connectivity index (χ1) is 13.6. The summed E-state index contributed by atoms with van der Waals surface area (Å²) in [6, 6.07) is 21.0. The Kier molecular flexibility index (Phi) is 6.07. The van der Waals surface area contributed by atoms with Crippen LogP contribution in [0.4, 0.5) is 0 Å². The van der Waals surface area contributed by atoms with Crippen molar-refractivity contribution in [3.63, 3.8) is 0 Å². The van der Waals surface area contributed by atoms with Gasteiger partial charge in [-0.2, -0.15) is 0 Å². The molecule has 142 valence electrons. The van der Waals surface area contributed by atoms with Gasteiger partial charge in [0.05, 0.1) is 18.2 Å². The summed E-state index contributed by atoms with van der Waals surface area (Å²) in [6.45, 7) is 1.77. The number of hydrogen-bond acceptors (Lipinski definition) is 5. The summed E-state index contributed by atoms with van der Waals surface area (Å²) in [5.41, 5.74) is 1.66. The monoisotopic (exact) mass is 376 g/mol. The van der Waals surface area contributed by atoms with Crippen LogP contribution in [0.1, 0.15) is 33.2 Å². The van der Waals surface area contributed by atoms with Gasteiger partial charge in [0.15, 0.2) is 17.3 Å². The minimum Gasteiger partial charge on any atom is -0.493 e. The molecule has 5 heteroatoms. The molecule has 3 rings (SSSR count). The average Bonchev–Trinajstić information content (AvgIpc) is 2.73. The van der Waals surface area contributed by atoms with Gasteiger partial charge in [-0.25, -0.2) is 4.79 Å². The minimum atomic E-state index is -0.522. The standard InChI is InChI=1S/C23H20O5/c1-16(24)19-7-3-4-8-20(19)28-23(25)18-13-11-17(12-14-18)15-27-22-10-6-5-9-21(22)26-2/h3-14H,15H2,1-2H3. The van der Waals surface area contributed by atoms with E-state index in [0.717, 1.165) is 5.56 Å². The molecule has 0 atom stereocenters. The Labute approximate surface area is 163 Å². The second-order valence-electron chi connectivity index (χ2n) is 6.08. The first kappa shape index (κ1) is 19.2. The highest BCUT2D eigenvalue weighted by atomic mass is 16.5. The third-order valence-electron chi connectivity index (χ3n) is 4.12. The van der Waals surface area contributed by atoms with Gasteiger partial charge >= 0.3 is 5.97 Å². The van der Waals surface area contributed by atoms with Crippen molar-refractivity contribution in [2.75, 3.05) is 7.11 Å². The highest BCUT2D eigenvalue weighted by molar-refractivity contribution is 5.99. The number of carbonyl (C=O) groups excluding carboxylic acids is 2. The number of hydrogen-bond donors (Lipinski definition) is 0. The van der Waals surface area contributed by atoms with E-state index in [1.54, 1.807) is 55.6 Å². The van der Waals surface area contributed by atoms with Gasteiger partial charge < -0.3 is 14.2 Å². The summed E-state index contributed by atoms with van der Waals surface area (Å²) < 4.78 is 16.4. The van der Waals surface area contributed by atoms with E-state index in [1.807, 2.05) is 24.3 Å². The van der Waals surface area contributed by atoms with Crippen LogP contribution in [0.3, 0.4) is 0 Å². The van der Waals surface area contributed by atoms with Crippen LogP contribution in [0.2, 0.25) is 0 Å². The van der Waals surface area contributed by atoms with Crippen molar-refractivity contribution in [1.82, 2.24) is 0 Å². The molecular formula is C23H20O5. The maximum absolute atomic E-state index is 12.4. The smallest absolute Gasteiger partial charge is 0.343 e. The van der Waals surface area contributed by atoms with Gasteiger partial charge in [-0.15, -0.1) is 0 Å². The van der Waals surface area contributed by atoms with Crippen LogP contribution in [0.5, 0.6) is 17.2 Å². The van der Waals surface area contributed by atoms with E-state index < -0.39 is 5.97 Å². The number of benzene rings is 3. The van der Waals surface area contributed by atoms with Crippen LogP contribution in [0, 0.1) is 0 Å². The fraction of sp³-hybridized carbons (Fsp3) is 0.130. The van der Waals surface area contributed by atoms with Crippen molar-refractivity contribution in [1.29, 1.82) is 0 Å². The van der Waals surface area contributed by atoms with Gasteiger partial charge in [0.25, 0.3) is 0 Å². The normalized spacial score (nSPS) is 10.2. The maximum Gasteiger partial charge on any atom is 0.343 e. The molecular weight excluding hydrogens is 356 g/mol. The summed E-state index contributed by atoms with van der Waals surface area (Å²) in [6.07, 6.45) is 0. The number of ether oxygens (including phenoxy) is 3. The van der Waals surface area contributed by atoms with Crippen molar-refractivity contribution < 1.29 is 23.8 Å². The largest absolute Gasteiger partial charge is 0.493 e. The van der Waals surface area contributed by atoms with E-state index in [4.69, 9.17) is 14.2 Å². The van der Waals surface area contributed by atoms with Gasteiger partial charge in [0, 0.05) is 0 Å². The molecule has 0 aliphatic heterocycles. The Morgan fingerprint density at radius 2 is 1.39 bits per heavy atom. The maximum atomic E-state index is 12.4. The molecule has 0 unspecified atom stereocenters. The van der Waals surface area contributed by atoms with E-state index in [9.17, 15) is 9.59 Å². The van der Waals surface area contributed by atoms with Crippen molar-refractivity contribution >= 4 is 11.8 Å². The molecule has 0 saturated heterocycles. The molecule has 0 aliphatic rings. The molecule has 0 spiro atoms. The van der Waals surface area contributed by atoms with Crippen LogP contribution in [-0.4, -0.2) is 18.9 Å². The molecule has 0 fully saturated rings. The van der Waals surface area contributed by atoms with Crippen LogP contribution in [-0.2, 0) is 6.61 Å². The molecule has 0 aliphatic carbocycles. The van der Waals surface area contributed by atoms with Crippen molar-refractivity contribution in [3.8, 4) is 17.2 Å². The second kappa shape index (κ2) is 8.86. The fourth-order valence-electron chi connectivity index (χ4n) is 2.64. The van der Waals surface area contributed by atoms with Gasteiger partial charge in [-0.1, -0.05) is 36.4 Å². The Hall–Kier alpha value is -3.60. The van der Waals surface area contributed by atoms with Crippen molar-refractivity contribution in [3.05, 3.63) is 89.5 Å². The van der Waals surface area contributed by atoms with Crippen molar-refractivity contribution in [2.45, 2.75) is 13.5 Å². The third-order valence-corrected chi connectivity index (χ3v) is 4.12. The molecule has 0 amide bonds. The Balaban J connectivity index is 1.66. The van der Waals surface area contributed by atoms with Gasteiger partial charge in [0.1, 0.15) is 12.4 Å². The summed E-state index contributed by atoms with van der Waals surface area (Å²) >= 11 is 0. The lowest BCUT2D eigenvalue weighted by Crippen LogP contribution is -2.11. The lowest BCUT2D eigenvalue weighted by molar-refractivity contribution is 0.0733. The van der Waals surface area contributed by atoms with Gasteiger partial charge in [-0.05, 0) is 48.9 Å². The van der Waals surface area contributed by atoms with Crippen molar-refractivity contribution in [2.24, 2.45) is 0 Å². The first-order valence-corrected chi connectivity index (χ1v) is 8.75. The minimum absolute atomic E-state index is 0.160. The number of rotatable bonds is 7. The highest BCUT2D eigenvalue weighted by Crippen LogP contribution is 2.26. The number of esters is 1. The second-order valence-corrected chi connectivity index (χ2v) is 6.08. The average molecular weight is 376 g/mol. The quantitative estimate of drug-likeness (QED) is 0.340. The summed E-state index contributed by atoms with van der Waals surface area (Å²) in [4.78, 5) is 24.0. The number of methoxy groups -OCH3 is 1. The number of Topliss-reactive ketones (excluding diaryl/α,β-unsaturated/α-hetero) is 1. The zero-order chi connectivity index (χ0) is 19.9. The predicted octanol–water partition coefficient (Wildman–Crippen LogP) is 4.70. The highest BCUT2D eigenvalue weighted by Gasteiger charge is 2.13. The topological polar surface area (TPSA) is 61.8 Å². The molecule has 0 radical (unpaired) electrons. The lowest BCUT2D eigenvalue weighted by Gasteiger charge is -2.11. The lowest BCUT2D eigenvalue weighted by atomic mass is 10.1. The molecule has 0 N–H and O–H groups in total. The van der Waals surface area contributed by atoms with E-state index in [0.29, 0.717) is 29.2 Å². The summed E-state index contributed by atoms with van der Waals surface area (Å²) in [7, 11) is 1.59. The van der Waals surface area contributed by atoms with E-state index >= 15 is 0 Å². The zero-order valence-electron chi connectivity index (χ0n) is 15.7. The van der Waals surface area contributed by atoms with E-state index in [2.05, 4.69) is 0 Å².